The molecule has 4 heteroatoms. The Kier molecular flexibility index (Phi) is 4.41. The quantitative estimate of drug-likeness (QED) is 0.230. The van der Waals surface area contributed by atoms with E-state index in [-0.39, 0.29) is 6.71 Å². The Hall–Kier alpha value is -5.22. The first-order chi connectivity index (χ1) is 19.8. The summed E-state index contributed by atoms with van der Waals surface area (Å²) in [4.78, 5) is 0. The first kappa shape index (κ1) is 21.7. The lowest BCUT2D eigenvalue weighted by Crippen LogP contribution is -2.57. The Morgan fingerprint density at radius 2 is 1.20 bits per heavy atom. The Balaban J connectivity index is 1.29. The molecule has 2 aliphatic heterocycles. The van der Waals surface area contributed by atoms with Gasteiger partial charge in [0.2, 0.25) is 0 Å². The second-order valence-corrected chi connectivity index (χ2v) is 10.5. The van der Waals surface area contributed by atoms with Crippen LogP contribution >= 0.6 is 0 Å². The van der Waals surface area contributed by atoms with Gasteiger partial charge in [-0.25, -0.2) is 0 Å². The molecule has 2 aliphatic rings. The molecule has 0 saturated heterocycles. The lowest BCUT2D eigenvalue weighted by atomic mass is 9.34. The number of fused-ring (bicyclic) bond motifs is 7. The van der Waals surface area contributed by atoms with Gasteiger partial charge < -0.3 is 14.0 Å². The van der Waals surface area contributed by atoms with Crippen molar-refractivity contribution < 1.29 is 9.47 Å². The van der Waals surface area contributed by atoms with E-state index >= 15 is 0 Å². The second-order valence-electron chi connectivity index (χ2n) is 10.5. The van der Waals surface area contributed by atoms with Crippen molar-refractivity contribution in [2.75, 3.05) is 0 Å². The molecule has 9 rings (SSSR count). The van der Waals surface area contributed by atoms with Gasteiger partial charge in [0.25, 0.3) is 6.71 Å². The molecule has 7 aromatic rings. The molecule has 186 valence electrons. The van der Waals surface area contributed by atoms with Crippen LogP contribution in [0.25, 0.3) is 38.6 Å². The summed E-state index contributed by atoms with van der Waals surface area (Å²) in [5, 5.41) is 2.49. The molecule has 1 aromatic heterocycles. The fourth-order valence-corrected chi connectivity index (χ4v) is 6.62. The molecular weight excluding hydrogens is 489 g/mol. The number of nitrogens with zero attached hydrogens (tertiary/aromatic N) is 1. The monoisotopic (exact) mass is 511 g/mol. The van der Waals surface area contributed by atoms with Gasteiger partial charge in [0.05, 0.1) is 11.0 Å². The van der Waals surface area contributed by atoms with Crippen LogP contribution in [0.4, 0.5) is 0 Å². The molecule has 40 heavy (non-hydrogen) atoms. The van der Waals surface area contributed by atoms with Crippen LogP contribution in [0.15, 0.2) is 133 Å². The van der Waals surface area contributed by atoms with Crippen LogP contribution in [0.3, 0.4) is 0 Å². The van der Waals surface area contributed by atoms with Gasteiger partial charge in [0.15, 0.2) is 0 Å². The van der Waals surface area contributed by atoms with Crippen molar-refractivity contribution in [1.82, 2.24) is 4.57 Å². The van der Waals surface area contributed by atoms with Crippen LogP contribution < -0.4 is 25.9 Å². The third-order valence-electron chi connectivity index (χ3n) is 8.33. The zero-order valence-electron chi connectivity index (χ0n) is 21.5. The number of rotatable bonds is 2. The third kappa shape index (κ3) is 2.96. The van der Waals surface area contributed by atoms with Crippen LogP contribution in [0.5, 0.6) is 23.0 Å². The molecule has 0 atom stereocenters. The molecular formula is C36H22BNO2. The third-order valence-corrected chi connectivity index (χ3v) is 8.33. The Labute approximate surface area is 231 Å². The molecule has 0 fully saturated rings. The second kappa shape index (κ2) is 8.14. The van der Waals surface area contributed by atoms with Crippen LogP contribution in [-0.4, -0.2) is 11.3 Å². The summed E-state index contributed by atoms with van der Waals surface area (Å²) in [6, 6.07) is 47.0. The van der Waals surface area contributed by atoms with Crippen molar-refractivity contribution in [2.24, 2.45) is 0 Å². The lowest BCUT2D eigenvalue weighted by molar-refractivity contribution is 0.465. The standard InChI is InChI=1S/C36H22BNO2/c1-2-10-24(11-3-1)38-30-16-6-4-12-26(30)27-21-20-23(22-31(27)38)25-13-8-15-29-36(25)40-34-19-9-18-33-35(34)37(29)28-14-5-7-17-32(28)39-33/h1-22H. The number of aromatic nitrogens is 1. The molecule has 0 bridgehead atoms. The van der Waals surface area contributed by atoms with E-state index in [1.807, 2.05) is 18.2 Å². The average Bonchev–Trinajstić information content (AvgIpc) is 3.35. The van der Waals surface area contributed by atoms with E-state index in [4.69, 9.17) is 9.47 Å². The molecule has 0 saturated carbocycles. The van der Waals surface area contributed by atoms with Crippen molar-refractivity contribution in [3.63, 3.8) is 0 Å². The first-order valence-electron chi connectivity index (χ1n) is 13.6. The van der Waals surface area contributed by atoms with Crippen molar-refractivity contribution in [2.45, 2.75) is 0 Å². The fraction of sp³-hybridized carbons (Fsp3) is 0. The summed E-state index contributed by atoms with van der Waals surface area (Å²) >= 11 is 0. The molecule has 6 aromatic carbocycles. The summed E-state index contributed by atoms with van der Waals surface area (Å²) in [6.07, 6.45) is 0. The minimum Gasteiger partial charge on any atom is -0.458 e. The number of ether oxygens (including phenoxy) is 2. The maximum Gasteiger partial charge on any atom is 0.260 e. The van der Waals surface area contributed by atoms with Gasteiger partial charge >= 0.3 is 0 Å². The average molecular weight is 511 g/mol. The smallest absolute Gasteiger partial charge is 0.260 e. The lowest BCUT2D eigenvalue weighted by Gasteiger charge is -2.33. The van der Waals surface area contributed by atoms with Gasteiger partial charge in [-0.3, -0.25) is 0 Å². The molecule has 0 aliphatic carbocycles. The summed E-state index contributed by atoms with van der Waals surface area (Å²) in [6.45, 7) is 0.0550. The van der Waals surface area contributed by atoms with Crippen LogP contribution in [-0.2, 0) is 0 Å². The molecule has 0 N–H and O–H groups in total. The molecule has 0 unspecified atom stereocenters. The first-order valence-corrected chi connectivity index (χ1v) is 13.6. The fourth-order valence-electron chi connectivity index (χ4n) is 6.62. The van der Waals surface area contributed by atoms with E-state index in [2.05, 4.69) is 120 Å². The van der Waals surface area contributed by atoms with E-state index in [9.17, 15) is 0 Å². The zero-order chi connectivity index (χ0) is 26.2. The zero-order valence-corrected chi connectivity index (χ0v) is 21.5. The highest BCUT2D eigenvalue weighted by molar-refractivity contribution is 6.98. The van der Waals surface area contributed by atoms with Crippen molar-refractivity contribution in [3.8, 4) is 39.8 Å². The minimum atomic E-state index is 0.0550. The van der Waals surface area contributed by atoms with Crippen molar-refractivity contribution in [1.29, 1.82) is 0 Å². The molecule has 0 radical (unpaired) electrons. The van der Waals surface area contributed by atoms with E-state index in [0.717, 1.165) is 50.7 Å². The molecule has 0 spiro atoms. The van der Waals surface area contributed by atoms with Gasteiger partial charge in [0, 0.05) is 27.5 Å². The van der Waals surface area contributed by atoms with Crippen molar-refractivity contribution >= 4 is 44.9 Å². The highest BCUT2D eigenvalue weighted by Crippen LogP contribution is 2.41. The van der Waals surface area contributed by atoms with E-state index in [1.54, 1.807) is 0 Å². The minimum absolute atomic E-state index is 0.0550. The van der Waals surface area contributed by atoms with Crippen LogP contribution in [0.2, 0.25) is 0 Å². The number of hydrogen-bond acceptors (Lipinski definition) is 2. The van der Waals surface area contributed by atoms with Gasteiger partial charge in [-0.15, -0.1) is 0 Å². The van der Waals surface area contributed by atoms with Crippen LogP contribution in [0.1, 0.15) is 0 Å². The maximum absolute atomic E-state index is 6.72. The summed E-state index contributed by atoms with van der Waals surface area (Å²) in [5.74, 6) is 3.54. The van der Waals surface area contributed by atoms with Crippen molar-refractivity contribution in [3.05, 3.63) is 133 Å². The predicted molar refractivity (Wildman–Crippen MR) is 164 cm³/mol. The van der Waals surface area contributed by atoms with E-state index < -0.39 is 0 Å². The Morgan fingerprint density at radius 1 is 0.500 bits per heavy atom. The molecule has 3 heterocycles. The highest BCUT2D eigenvalue weighted by atomic mass is 16.5. The topological polar surface area (TPSA) is 23.4 Å². The Bertz CT molecular complexity index is 2130. The molecule has 0 amide bonds. The highest BCUT2D eigenvalue weighted by Gasteiger charge is 2.40. The number of hydrogen-bond donors (Lipinski definition) is 0. The van der Waals surface area contributed by atoms with E-state index in [0.29, 0.717) is 0 Å². The number of para-hydroxylation sites is 4. The molecule has 3 nitrogen and oxygen atoms in total. The summed E-state index contributed by atoms with van der Waals surface area (Å²) in [5.41, 5.74) is 9.18. The largest absolute Gasteiger partial charge is 0.458 e. The van der Waals surface area contributed by atoms with Gasteiger partial charge in [-0.05, 0) is 59.0 Å². The van der Waals surface area contributed by atoms with Gasteiger partial charge in [-0.2, -0.15) is 0 Å². The normalized spacial score (nSPS) is 12.8. The summed E-state index contributed by atoms with van der Waals surface area (Å²) < 4.78 is 15.4. The van der Waals surface area contributed by atoms with Gasteiger partial charge in [0.1, 0.15) is 23.0 Å². The van der Waals surface area contributed by atoms with Gasteiger partial charge in [-0.1, -0.05) is 91.0 Å². The maximum atomic E-state index is 6.72. The van der Waals surface area contributed by atoms with Crippen LogP contribution in [0, 0.1) is 0 Å². The number of benzene rings is 6. The SMILES string of the molecule is c1ccc(-n2c3ccccc3c3ccc(-c4cccc5c4Oc4cccc6c4B5c4ccccc4O6)cc32)cc1. The predicted octanol–water partition coefficient (Wildman–Crippen LogP) is 7.18. The Morgan fingerprint density at radius 3 is 2.12 bits per heavy atom. The van der Waals surface area contributed by atoms with E-state index in [1.165, 1.54) is 27.3 Å². The summed E-state index contributed by atoms with van der Waals surface area (Å²) in [7, 11) is 0.